The van der Waals surface area contributed by atoms with Crippen LogP contribution in [0.5, 0.6) is 0 Å². The number of anilines is 1. The van der Waals surface area contributed by atoms with Crippen molar-refractivity contribution in [2.75, 3.05) is 11.4 Å². The van der Waals surface area contributed by atoms with E-state index >= 15 is 0 Å². The van der Waals surface area contributed by atoms with Crippen molar-refractivity contribution >= 4 is 5.95 Å². The maximum Gasteiger partial charge on any atom is 0.225 e. The molecule has 0 spiro atoms. The third kappa shape index (κ3) is 2.34. The average Bonchev–Trinajstić information content (AvgIpc) is 2.76. The van der Waals surface area contributed by atoms with E-state index < -0.39 is 0 Å². The first kappa shape index (κ1) is 11.9. The zero-order valence-corrected chi connectivity index (χ0v) is 11.0. The van der Waals surface area contributed by atoms with Crippen molar-refractivity contribution in [3.63, 3.8) is 0 Å². The molecule has 2 unspecified atom stereocenters. The Kier molecular flexibility index (Phi) is 3.46. The molecule has 3 heterocycles. The number of hydrogen-bond donors (Lipinski definition) is 1. The van der Waals surface area contributed by atoms with Crippen LogP contribution in [-0.2, 0) is 0 Å². The first-order chi connectivity index (χ1) is 8.86. The predicted octanol–water partition coefficient (Wildman–Crippen LogP) is 1.98. The van der Waals surface area contributed by atoms with Gasteiger partial charge in [0.05, 0.1) is 0 Å². The van der Waals surface area contributed by atoms with Gasteiger partial charge in [0.25, 0.3) is 0 Å². The highest BCUT2D eigenvalue weighted by atomic mass is 15.3. The van der Waals surface area contributed by atoms with Gasteiger partial charge in [0.2, 0.25) is 5.95 Å². The molecule has 0 amide bonds. The molecule has 18 heavy (non-hydrogen) atoms. The Hall–Kier alpha value is -1.16. The first-order valence-corrected chi connectivity index (χ1v) is 7.16. The van der Waals surface area contributed by atoms with E-state index in [4.69, 9.17) is 0 Å². The third-order valence-electron chi connectivity index (χ3n) is 4.16. The molecule has 4 heteroatoms. The summed E-state index contributed by atoms with van der Waals surface area (Å²) in [5, 5.41) is 3.70. The van der Waals surface area contributed by atoms with Gasteiger partial charge in [-0.15, -0.1) is 0 Å². The van der Waals surface area contributed by atoms with Crippen molar-refractivity contribution in [3.8, 4) is 0 Å². The van der Waals surface area contributed by atoms with Crippen molar-refractivity contribution in [2.24, 2.45) is 0 Å². The fraction of sp³-hybridized carbons (Fsp3) is 0.714. The molecular weight excluding hydrogens is 224 g/mol. The van der Waals surface area contributed by atoms with Crippen LogP contribution >= 0.6 is 0 Å². The highest BCUT2D eigenvalue weighted by Gasteiger charge is 2.36. The van der Waals surface area contributed by atoms with Gasteiger partial charge in [0.1, 0.15) is 0 Å². The van der Waals surface area contributed by atoms with Gasteiger partial charge in [-0.1, -0.05) is 6.92 Å². The summed E-state index contributed by atoms with van der Waals surface area (Å²) in [7, 11) is 0. The smallest absolute Gasteiger partial charge is 0.225 e. The average molecular weight is 246 g/mol. The molecule has 1 aromatic heterocycles. The molecule has 0 aliphatic carbocycles. The van der Waals surface area contributed by atoms with Crippen molar-refractivity contribution in [1.29, 1.82) is 0 Å². The number of hydrogen-bond acceptors (Lipinski definition) is 4. The predicted molar refractivity (Wildman–Crippen MR) is 72.6 cm³/mol. The lowest BCUT2D eigenvalue weighted by molar-refractivity contribution is 0.344. The molecule has 98 valence electrons. The topological polar surface area (TPSA) is 41.1 Å². The second-order valence-corrected chi connectivity index (χ2v) is 5.51. The summed E-state index contributed by atoms with van der Waals surface area (Å²) in [6.07, 6.45) is 10.0. The van der Waals surface area contributed by atoms with E-state index in [1.807, 2.05) is 18.5 Å². The Morgan fingerprint density at radius 2 is 1.89 bits per heavy atom. The number of fused-ring (bicyclic) bond motifs is 2. The summed E-state index contributed by atoms with van der Waals surface area (Å²) in [5.41, 5.74) is 0. The fourth-order valence-corrected chi connectivity index (χ4v) is 3.41. The highest BCUT2D eigenvalue weighted by Crippen LogP contribution is 2.31. The summed E-state index contributed by atoms with van der Waals surface area (Å²) in [4.78, 5) is 11.3. The fourth-order valence-electron chi connectivity index (χ4n) is 3.41. The van der Waals surface area contributed by atoms with Crippen LogP contribution in [-0.4, -0.2) is 34.6 Å². The Morgan fingerprint density at radius 3 is 2.50 bits per heavy atom. The Morgan fingerprint density at radius 1 is 1.22 bits per heavy atom. The summed E-state index contributed by atoms with van der Waals surface area (Å²) in [6.45, 7) is 3.29. The van der Waals surface area contributed by atoms with Crippen LogP contribution in [0.15, 0.2) is 18.5 Å². The monoisotopic (exact) mass is 246 g/mol. The highest BCUT2D eigenvalue weighted by molar-refractivity contribution is 5.31. The Labute approximate surface area is 109 Å². The van der Waals surface area contributed by atoms with Crippen LogP contribution in [0.1, 0.15) is 39.0 Å². The Bertz CT molecular complexity index is 369. The lowest BCUT2D eigenvalue weighted by Gasteiger charge is -2.37. The summed E-state index contributed by atoms with van der Waals surface area (Å²) in [5.74, 6) is 0.908. The standard InChI is InChI=1S/C14H22N4/c1-2-8-18(14-15-6-3-7-16-14)13-9-11-4-5-12(10-13)17-11/h3,6-7,11-13,17H,2,4-5,8-10H2,1H3. The molecule has 0 aromatic carbocycles. The molecule has 0 saturated carbocycles. The zero-order chi connectivity index (χ0) is 12.4. The molecule has 1 aromatic rings. The number of nitrogens with one attached hydrogen (secondary N) is 1. The minimum Gasteiger partial charge on any atom is -0.338 e. The maximum absolute atomic E-state index is 4.44. The molecule has 2 saturated heterocycles. The van der Waals surface area contributed by atoms with E-state index in [9.17, 15) is 0 Å². The van der Waals surface area contributed by atoms with Gasteiger partial charge in [0, 0.05) is 37.1 Å². The van der Waals surface area contributed by atoms with Crippen LogP contribution in [0, 0.1) is 0 Å². The second-order valence-electron chi connectivity index (χ2n) is 5.51. The molecule has 2 aliphatic rings. The van der Waals surface area contributed by atoms with Gasteiger partial charge in [-0.3, -0.25) is 0 Å². The molecule has 2 fully saturated rings. The summed E-state index contributed by atoms with van der Waals surface area (Å²) in [6, 6.07) is 3.94. The maximum atomic E-state index is 4.44. The Balaban J connectivity index is 1.77. The normalized spacial score (nSPS) is 30.4. The molecule has 1 N–H and O–H groups in total. The van der Waals surface area contributed by atoms with Crippen molar-refractivity contribution in [2.45, 2.75) is 57.2 Å². The first-order valence-electron chi connectivity index (χ1n) is 7.16. The minimum atomic E-state index is 0.617. The van der Waals surface area contributed by atoms with E-state index in [0.29, 0.717) is 6.04 Å². The van der Waals surface area contributed by atoms with E-state index in [-0.39, 0.29) is 0 Å². The van der Waals surface area contributed by atoms with Gasteiger partial charge < -0.3 is 10.2 Å². The lowest BCUT2D eigenvalue weighted by atomic mass is 9.98. The van der Waals surface area contributed by atoms with Crippen molar-refractivity contribution in [3.05, 3.63) is 18.5 Å². The van der Waals surface area contributed by atoms with Crippen molar-refractivity contribution < 1.29 is 0 Å². The number of piperidine rings is 1. The molecule has 2 atom stereocenters. The number of nitrogens with zero attached hydrogens (tertiary/aromatic N) is 3. The third-order valence-corrected chi connectivity index (χ3v) is 4.16. The van der Waals surface area contributed by atoms with Crippen LogP contribution in [0.4, 0.5) is 5.95 Å². The quantitative estimate of drug-likeness (QED) is 0.882. The van der Waals surface area contributed by atoms with Gasteiger partial charge >= 0.3 is 0 Å². The van der Waals surface area contributed by atoms with Crippen LogP contribution in [0.25, 0.3) is 0 Å². The van der Waals surface area contributed by atoms with Gasteiger partial charge in [-0.2, -0.15) is 0 Å². The molecule has 0 radical (unpaired) electrons. The van der Waals surface area contributed by atoms with E-state index in [1.54, 1.807) is 0 Å². The molecule has 4 nitrogen and oxygen atoms in total. The number of rotatable bonds is 4. The largest absolute Gasteiger partial charge is 0.338 e. The van der Waals surface area contributed by atoms with E-state index in [0.717, 1.165) is 31.0 Å². The van der Waals surface area contributed by atoms with Crippen LogP contribution < -0.4 is 10.2 Å². The van der Waals surface area contributed by atoms with Gasteiger partial charge in [0.15, 0.2) is 0 Å². The van der Waals surface area contributed by atoms with Crippen LogP contribution in [0.3, 0.4) is 0 Å². The minimum absolute atomic E-state index is 0.617. The summed E-state index contributed by atoms with van der Waals surface area (Å²) < 4.78 is 0. The lowest BCUT2D eigenvalue weighted by Crippen LogP contribution is -2.49. The molecule has 2 aliphatic heterocycles. The van der Waals surface area contributed by atoms with E-state index in [1.165, 1.54) is 25.7 Å². The van der Waals surface area contributed by atoms with Gasteiger partial charge in [-0.05, 0) is 38.2 Å². The summed E-state index contributed by atoms with van der Waals surface area (Å²) >= 11 is 0. The SMILES string of the molecule is CCCN(c1ncccn1)C1CC2CCC(C1)N2. The molecular formula is C14H22N4. The number of aromatic nitrogens is 2. The molecule has 3 rings (SSSR count). The van der Waals surface area contributed by atoms with Crippen LogP contribution in [0.2, 0.25) is 0 Å². The zero-order valence-electron chi connectivity index (χ0n) is 11.0. The molecule has 2 bridgehead atoms. The van der Waals surface area contributed by atoms with E-state index in [2.05, 4.69) is 27.1 Å². The van der Waals surface area contributed by atoms with Crippen molar-refractivity contribution in [1.82, 2.24) is 15.3 Å². The second kappa shape index (κ2) is 5.22. The van der Waals surface area contributed by atoms with Gasteiger partial charge in [-0.25, -0.2) is 9.97 Å².